The number of rotatable bonds is 39. The molecular formula is C50H86O4S2. The second-order valence-electron chi connectivity index (χ2n) is 16.8. The summed E-state index contributed by atoms with van der Waals surface area (Å²) in [6.45, 7) is 4.16. The van der Waals surface area contributed by atoms with E-state index in [0.29, 0.717) is 20.9 Å². The summed E-state index contributed by atoms with van der Waals surface area (Å²) in [4.78, 5) is 1.42. The summed E-state index contributed by atoms with van der Waals surface area (Å²) in [5.41, 5.74) is 3.38. The van der Waals surface area contributed by atoms with Gasteiger partial charge in [0.05, 0.1) is 23.0 Å². The van der Waals surface area contributed by atoms with Crippen molar-refractivity contribution in [2.45, 2.75) is 255 Å². The van der Waals surface area contributed by atoms with Crippen LogP contribution < -0.4 is 0 Å². The van der Waals surface area contributed by atoms with Crippen molar-refractivity contribution in [3.8, 4) is 11.5 Å². The van der Waals surface area contributed by atoms with Gasteiger partial charge in [-0.2, -0.15) is 0 Å². The molecule has 0 saturated carbocycles. The fourth-order valence-corrected chi connectivity index (χ4v) is 10.3. The van der Waals surface area contributed by atoms with E-state index in [9.17, 15) is 20.4 Å². The third-order valence-corrected chi connectivity index (χ3v) is 14.0. The molecule has 0 heterocycles. The fourth-order valence-electron chi connectivity index (χ4n) is 7.96. The average molecular weight is 815 g/mol. The third-order valence-electron chi connectivity index (χ3n) is 11.6. The first-order valence-corrected chi connectivity index (χ1v) is 25.9. The van der Waals surface area contributed by atoms with Crippen molar-refractivity contribution in [2.24, 2.45) is 0 Å². The summed E-state index contributed by atoms with van der Waals surface area (Å²) < 4.78 is 0. The predicted octanol–water partition coefficient (Wildman–Crippen LogP) is 16.5. The summed E-state index contributed by atoms with van der Waals surface area (Å²) in [7, 11) is 2.83. The topological polar surface area (TPSA) is 80.9 Å². The lowest BCUT2D eigenvalue weighted by Gasteiger charge is -2.14. The zero-order valence-electron chi connectivity index (χ0n) is 36.4. The fraction of sp³-hybridized carbons (Fsp3) is 0.760. The van der Waals surface area contributed by atoms with E-state index in [0.717, 1.165) is 36.8 Å². The first-order valence-electron chi connectivity index (χ1n) is 23.8. The van der Waals surface area contributed by atoms with E-state index in [1.54, 1.807) is 0 Å². The van der Waals surface area contributed by atoms with Crippen LogP contribution in [-0.4, -0.2) is 20.4 Å². The van der Waals surface area contributed by atoms with E-state index in [1.165, 1.54) is 214 Å². The maximum atomic E-state index is 10.9. The van der Waals surface area contributed by atoms with E-state index in [1.807, 2.05) is 24.3 Å². The number of aryl methyl sites for hydroxylation is 2. The first kappa shape index (κ1) is 50.8. The Labute approximate surface area is 353 Å². The molecule has 0 spiro atoms. The van der Waals surface area contributed by atoms with Crippen LogP contribution in [0.15, 0.2) is 34.1 Å². The van der Waals surface area contributed by atoms with Crippen LogP contribution in [-0.2, 0) is 26.1 Å². The van der Waals surface area contributed by atoms with Gasteiger partial charge in [0.2, 0.25) is 0 Å². The van der Waals surface area contributed by atoms with Crippen molar-refractivity contribution in [3.63, 3.8) is 0 Å². The maximum Gasteiger partial charge on any atom is 0.135 e. The molecule has 0 fully saturated rings. The highest BCUT2D eigenvalue weighted by atomic mass is 33.1. The lowest BCUT2D eigenvalue weighted by molar-refractivity contribution is 0.274. The Morgan fingerprint density at radius 1 is 0.339 bits per heavy atom. The molecule has 0 aromatic heterocycles. The van der Waals surface area contributed by atoms with Crippen LogP contribution in [0.3, 0.4) is 0 Å². The molecule has 0 bridgehead atoms. The summed E-state index contributed by atoms with van der Waals surface area (Å²) >= 11 is 0. The van der Waals surface area contributed by atoms with Gasteiger partial charge in [-0.05, 0) is 82.7 Å². The zero-order valence-corrected chi connectivity index (χ0v) is 38.0. The molecule has 322 valence electrons. The highest BCUT2D eigenvalue weighted by Crippen LogP contribution is 2.47. The molecule has 0 radical (unpaired) electrons. The first-order chi connectivity index (χ1) is 27.5. The number of phenols is 2. The van der Waals surface area contributed by atoms with E-state index >= 15 is 0 Å². The van der Waals surface area contributed by atoms with E-state index in [4.69, 9.17) is 0 Å². The van der Waals surface area contributed by atoms with Gasteiger partial charge in [-0.25, -0.2) is 0 Å². The minimum Gasteiger partial charge on any atom is -0.506 e. The van der Waals surface area contributed by atoms with Crippen molar-refractivity contribution in [1.82, 2.24) is 0 Å². The van der Waals surface area contributed by atoms with E-state index in [-0.39, 0.29) is 24.7 Å². The molecule has 6 heteroatoms. The number of aliphatic hydroxyl groups excluding tert-OH is 2. The average Bonchev–Trinajstić information content (AvgIpc) is 3.21. The molecule has 0 aliphatic carbocycles. The maximum absolute atomic E-state index is 10.9. The highest BCUT2D eigenvalue weighted by molar-refractivity contribution is 8.76. The van der Waals surface area contributed by atoms with Crippen molar-refractivity contribution < 1.29 is 20.4 Å². The molecule has 0 aliphatic heterocycles. The number of aromatic hydroxyl groups is 2. The molecule has 2 rings (SSSR count). The zero-order chi connectivity index (χ0) is 40.3. The Kier molecular flexibility index (Phi) is 32.3. The van der Waals surface area contributed by atoms with Gasteiger partial charge in [0.15, 0.2) is 0 Å². The molecular weight excluding hydrogens is 729 g/mol. The molecule has 56 heavy (non-hydrogen) atoms. The van der Waals surface area contributed by atoms with Crippen molar-refractivity contribution >= 4 is 21.6 Å². The van der Waals surface area contributed by atoms with Gasteiger partial charge in [-0.15, -0.1) is 0 Å². The van der Waals surface area contributed by atoms with E-state index in [2.05, 4.69) is 13.8 Å². The number of hydrogen-bond acceptors (Lipinski definition) is 6. The summed E-state index contributed by atoms with van der Waals surface area (Å²) in [6.07, 6.45) is 45.1. The van der Waals surface area contributed by atoms with Gasteiger partial charge in [0, 0.05) is 11.1 Å². The second-order valence-corrected chi connectivity index (χ2v) is 19.0. The van der Waals surface area contributed by atoms with Gasteiger partial charge in [0.25, 0.3) is 0 Å². The minimum atomic E-state index is -0.203. The SMILES string of the molecule is CCCCCCCCCCCCCCCCCCc1cc(CO)c(O)c(SSc2cc(CCCCCCCCCCCCCCCCCC)cc(CO)c2O)c1. The molecule has 0 unspecified atom stereocenters. The number of hydrogen-bond donors (Lipinski definition) is 4. The minimum absolute atomic E-state index is 0.118. The van der Waals surface area contributed by atoms with Gasteiger partial charge < -0.3 is 20.4 Å². The molecule has 4 nitrogen and oxygen atoms in total. The van der Waals surface area contributed by atoms with Crippen molar-refractivity contribution in [1.29, 1.82) is 0 Å². The van der Waals surface area contributed by atoms with Crippen molar-refractivity contribution in [2.75, 3.05) is 0 Å². The molecule has 0 atom stereocenters. The Balaban J connectivity index is 1.66. The van der Waals surface area contributed by atoms with Crippen molar-refractivity contribution in [3.05, 3.63) is 46.5 Å². The Hall–Kier alpha value is -1.34. The molecule has 4 N–H and O–H groups in total. The Morgan fingerprint density at radius 2 is 0.571 bits per heavy atom. The van der Waals surface area contributed by atoms with Gasteiger partial charge in [0.1, 0.15) is 11.5 Å². The normalized spacial score (nSPS) is 11.6. The summed E-state index contributed by atoms with van der Waals surface area (Å²) in [6, 6.07) is 7.97. The second kappa shape index (κ2) is 35.6. The smallest absolute Gasteiger partial charge is 0.135 e. The van der Waals surface area contributed by atoms with E-state index < -0.39 is 0 Å². The molecule has 0 amide bonds. The van der Waals surface area contributed by atoms with Crippen LogP contribution in [0.4, 0.5) is 0 Å². The Morgan fingerprint density at radius 3 is 0.804 bits per heavy atom. The third kappa shape index (κ3) is 24.6. The molecule has 2 aromatic carbocycles. The molecule has 2 aromatic rings. The van der Waals surface area contributed by atoms with Crippen LogP contribution in [0.2, 0.25) is 0 Å². The standard InChI is InChI=1S/C50H86O4S2/c1-3-5-7-9-11-13-15-17-19-21-23-25-27-29-31-33-35-43-37-45(41-51)49(53)47(39-43)55-56-48-40-44(38-46(42-52)50(48)54)36-34-32-30-28-26-24-22-20-18-16-14-12-10-8-6-4-2/h37-40,51-54H,3-36,41-42H2,1-2H3. The molecule has 0 aliphatic rings. The quantitative estimate of drug-likeness (QED) is 0.0398. The Bertz CT molecular complexity index is 1120. The van der Waals surface area contributed by atoms with Gasteiger partial charge in [-0.3, -0.25) is 0 Å². The van der Waals surface area contributed by atoms with Crippen LogP contribution in [0.25, 0.3) is 0 Å². The molecule has 0 saturated heterocycles. The lowest BCUT2D eigenvalue weighted by atomic mass is 10.0. The monoisotopic (exact) mass is 815 g/mol. The number of aliphatic hydroxyl groups is 2. The number of benzene rings is 2. The van der Waals surface area contributed by atoms with Crippen LogP contribution >= 0.6 is 21.6 Å². The highest BCUT2D eigenvalue weighted by Gasteiger charge is 2.15. The van der Waals surface area contributed by atoms with Crippen LogP contribution in [0.1, 0.15) is 242 Å². The predicted molar refractivity (Wildman–Crippen MR) is 246 cm³/mol. The van der Waals surface area contributed by atoms with Crippen LogP contribution in [0, 0.1) is 0 Å². The summed E-state index contributed by atoms with van der Waals surface area (Å²) in [5, 5.41) is 41.9. The van der Waals surface area contributed by atoms with Crippen LogP contribution in [0.5, 0.6) is 11.5 Å². The number of unbranched alkanes of at least 4 members (excludes halogenated alkanes) is 30. The lowest BCUT2D eigenvalue weighted by Crippen LogP contribution is -1.94. The summed E-state index contributed by atoms with van der Waals surface area (Å²) in [5.74, 6) is 0.235. The van der Waals surface area contributed by atoms with Gasteiger partial charge >= 0.3 is 0 Å². The largest absolute Gasteiger partial charge is 0.506 e. The van der Waals surface area contributed by atoms with Gasteiger partial charge in [-0.1, -0.05) is 206 Å².